The Hall–Kier alpha value is -2.20. The van der Waals surface area contributed by atoms with E-state index in [1.165, 1.54) is 11.3 Å². The second-order valence-corrected chi connectivity index (χ2v) is 4.63. The van der Waals surface area contributed by atoms with E-state index in [0.29, 0.717) is 0 Å². The molecule has 3 nitrogen and oxygen atoms in total. The van der Waals surface area contributed by atoms with E-state index in [4.69, 9.17) is 0 Å². The van der Waals surface area contributed by atoms with Crippen LogP contribution in [0.25, 0.3) is 22.0 Å². The van der Waals surface area contributed by atoms with Crippen molar-refractivity contribution in [2.45, 2.75) is 0 Å². The first kappa shape index (κ1) is 10.9. The molecule has 0 radical (unpaired) electrons. The van der Waals surface area contributed by atoms with Gasteiger partial charge >= 0.3 is 0 Å². The van der Waals surface area contributed by atoms with Crippen LogP contribution >= 0.6 is 11.3 Å². The standard InChI is InChI=1S/C14H10N2OS/c17-13-7-2-1-5-10(13)12-9-18-14(16-12)11-6-3-4-8-15-11/h1-9,17H. The van der Waals surface area contributed by atoms with Crippen LogP contribution in [0, 0.1) is 0 Å². The Morgan fingerprint density at radius 3 is 2.56 bits per heavy atom. The van der Waals surface area contributed by atoms with Gasteiger partial charge in [0, 0.05) is 17.1 Å². The van der Waals surface area contributed by atoms with Crippen molar-refractivity contribution < 1.29 is 5.11 Å². The molecule has 0 bridgehead atoms. The number of pyridine rings is 1. The number of hydrogen-bond acceptors (Lipinski definition) is 4. The fourth-order valence-electron chi connectivity index (χ4n) is 1.69. The topological polar surface area (TPSA) is 46.0 Å². The normalized spacial score (nSPS) is 10.4. The van der Waals surface area contributed by atoms with E-state index in [1.807, 2.05) is 35.7 Å². The second-order valence-electron chi connectivity index (χ2n) is 3.77. The van der Waals surface area contributed by atoms with Crippen LogP contribution in [0.4, 0.5) is 0 Å². The fraction of sp³-hybridized carbons (Fsp3) is 0. The summed E-state index contributed by atoms with van der Waals surface area (Å²) in [6.45, 7) is 0. The molecule has 0 saturated carbocycles. The quantitative estimate of drug-likeness (QED) is 0.760. The van der Waals surface area contributed by atoms with Gasteiger partial charge in [-0.3, -0.25) is 4.98 Å². The van der Waals surface area contributed by atoms with Gasteiger partial charge in [-0.25, -0.2) is 4.98 Å². The number of aromatic nitrogens is 2. The first-order valence-electron chi connectivity index (χ1n) is 5.50. The van der Waals surface area contributed by atoms with Crippen molar-refractivity contribution in [3.63, 3.8) is 0 Å². The number of benzene rings is 1. The molecule has 3 rings (SSSR count). The van der Waals surface area contributed by atoms with E-state index in [1.54, 1.807) is 18.3 Å². The number of thiazole rings is 1. The molecular formula is C14H10N2OS. The Bertz CT molecular complexity index is 664. The zero-order valence-corrected chi connectivity index (χ0v) is 10.3. The van der Waals surface area contributed by atoms with Gasteiger partial charge in [0.05, 0.1) is 11.4 Å². The van der Waals surface area contributed by atoms with Crippen LogP contribution in [0.1, 0.15) is 0 Å². The second kappa shape index (κ2) is 4.58. The minimum Gasteiger partial charge on any atom is -0.507 e. The van der Waals surface area contributed by atoms with Gasteiger partial charge in [-0.15, -0.1) is 11.3 Å². The zero-order valence-electron chi connectivity index (χ0n) is 9.45. The summed E-state index contributed by atoms with van der Waals surface area (Å²) >= 11 is 1.52. The molecule has 0 unspecified atom stereocenters. The molecule has 4 heteroatoms. The molecule has 0 amide bonds. The number of phenolic OH excluding ortho intramolecular Hbond substituents is 1. The van der Waals surface area contributed by atoms with Crippen molar-refractivity contribution >= 4 is 11.3 Å². The number of aromatic hydroxyl groups is 1. The lowest BCUT2D eigenvalue weighted by Crippen LogP contribution is -1.82. The van der Waals surface area contributed by atoms with Crippen LogP contribution in [0.3, 0.4) is 0 Å². The predicted octanol–water partition coefficient (Wildman–Crippen LogP) is 3.58. The molecule has 88 valence electrons. The van der Waals surface area contributed by atoms with Gasteiger partial charge in [-0.1, -0.05) is 18.2 Å². The highest BCUT2D eigenvalue weighted by Gasteiger charge is 2.09. The van der Waals surface area contributed by atoms with Gasteiger partial charge in [0.25, 0.3) is 0 Å². The highest BCUT2D eigenvalue weighted by Crippen LogP contribution is 2.32. The van der Waals surface area contributed by atoms with Gasteiger partial charge < -0.3 is 5.11 Å². The number of hydrogen-bond donors (Lipinski definition) is 1. The van der Waals surface area contributed by atoms with Crippen molar-refractivity contribution in [1.82, 2.24) is 9.97 Å². The third kappa shape index (κ3) is 1.98. The average Bonchev–Trinajstić information content (AvgIpc) is 2.90. The fourth-order valence-corrected chi connectivity index (χ4v) is 2.49. The summed E-state index contributed by atoms with van der Waals surface area (Å²) in [5.74, 6) is 0.246. The summed E-state index contributed by atoms with van der Waals surface area (Å²) in [5, 5.41) is 12.6. The van der Waals surface area contributed by atoms with Crippen LogP contribution in [0.15, 0.2) is 54.0 Å². The first-order valence-corrected chi connectivity index (χ1v) is 6.38. The molecule has 0 atom stereocenters. The highest BCUT2D eigenvalue weighted by molar-refractivity contribution is 7.13. The number of rotatable bonds is 2. The van der Waals surface area contributed by atoms with Gasteiger partial charge in [-0.2, -0.15) is 0 Å². The summed E-state index contributed by atoms with van der Waals surface area (Å²) in [6.07, 6.45) is 1.75. The molecular weight excluding hydrogens is 244 g/mol. The average molecular weight is 254 g/mol. The first-order chi connectivity index (χ1) is 8.84. The van der Waals surface area contributed by atoms with Crippen molar-refractivity contribution in [2.75, 3.05) is 0 Å². The maximum atomic E-state index is 9.79. The molecule has 0 fully saturated rings. The monoisotopic (exact) mass is 254 g/mol. The lowest BCUT2D eigenvalue weighted by molar-refractivity contribution is 0.477. The van der Waals surface area contributed by atoms with E-state index < -0.39 is 0 Å². The van der Waals surface area contributed by atoms with Crippen molar-refractivity contribution in [3.05, 3.63) is 54.0 Å². The molecule has 0 saturated heterocycles. The van der Waals surface area contributed by atoms with E-state index in [0.717, 1.165) is 22.0 Å². The molecule has 18 heavy (non-hydrogen) atoms. The van der Waals surface area contributed by atoms with Gasteiger partial charge in [-0.05, 0) is 24.3 Å². The maximum absolute atomic E-state index is 9.79. The number of nitrogens with zero attached hydrogens (tertiary/aromatic N) is 2. The largest absolute Gasteiger partial charge is 0.507 e. The van der Waals surface area contributed by atoms with Crippen LogP contribution < -0.4 is 0 Å². The minimum atomic E-state index is 0.246. The van der Waals surface area contributed by atoms with E-state index >= 15 is 0 Å². The summed E-state index contributed by atoms with van der Waals surface area (Å²) in [5.41, 5.74) is 2.37. The minimum absolute atomic E-state index is 0.246. The van der Waals surface area contributed by atoms with Crippen LogP contribution in [0.5, 0.6) is 5.75 Å². The SMILES string of the molecule is Oc1ccccc1-c1csc(-c2ccccn2)n1. The third-order valence-electron chi connectivity index (χ3n) is 2.57. The highest BCUT2D eigenvalue weighted by atomic mass is 32.1. The molecule has 0 aliphatic carbocycles. The molecule has 0 spiro atoms. The van der Waals surface area contributed by atoms with E-state index in [2.05, 4.69) is 9.97 Å². The Kier molecular flexibility index (Phi) is 2.78. The van der Waals surface area contributed by atoms with Crippen LogP contribution in [-0.2, 0) is 0 Å². The van der Waals surface area contributed by atoms with Crippen LogP contribution in [0.2, 0.25) is 0 Å². The number of para-hydroxylation sites is 1. The summed E-state index contributed by atoms with van der Waals surface area (Å²) in [7, 11) is 0. The molecule has 1 aromatic carbocycles. The molecule has 2 heterocycles. The smallest absolute Gasteiger partial charge is 0.142 e. The molecule has 3 aromatic rings. The van der Waals surface area contributed by atoms with Gasteiger partial charge in [0.15, 0.2) is 0 Å². The molecule has 0 aliphatic rings. The summed E-state index contributed by atoms with van der Waals surface area (Å²) < 4.78 is 0. The van der Waals surface area contributed by atoms with Crippen molar-refractivity contribution in [3.8, 4) is 27.7 Å². The Labute approximate surface area is 108 Å². The van der Waals surface area contributed by atoms with E-state index in [9.17, 15) is 5.11 Å². The van der Waals surface area contributed by atoms with Crippen molar-refractivity contribution in [2.24, 2.45) is 0 Å². The van der Waals surface area contributed by atoms with Gasteiger partial charge in [0.1, 0.15) is 10.8 Å². The predicted molar refractivity (Wildman–Crippen MR) is 72.4 cm³/mol. The molecule has 1 N–H and O–H groups in total. The maximum Gasteiger partial charge on any atom is 0.142 e. The van der Waals surface area contributed by atoms with E-state index in [-0.39, 0.29) is 5.75 Å². The summed E-state index contributed by atoms with van der Waals surface area (Å²) in [6, 6.07) is 12.9. The molecule has 0 aliphatic heterocycles. The molecule has 2 aromatic heterocycles. The zero-order chi connectivity index (χ0) is 12.4. The summed E-state index contributed by atoms with van der Waals surface area (Å²) in [4.78, 5) is 8.77. The lowest BCUT2D eigenvalue weighted by Gasteiger charge is -1.99. The Balaban J connectivity index is 2.03. The third-order valence-corrected chi connectivity index (χ3v) is 3.43. The Morgan fingerprint density at radius 1 is 0.944 bits per heavy atom. The van der Waals surface area contributed by atoms with Gasteiger partial charge in [0.2, 0.25) is 0 Å². The van der Waals surface area contributed by atoms with Crippen LogP contribution in [-0.4, -0.2) is 15.1 Å². The lowest BCUT2D eigenvalue weighted by atomic mass is 10.1. The number of phenols is 1. The Morgan fingerprint density at radius 2 is 1.78 bits per heavy atom. The van der Waals surface area contributed by atoms with Crippen molar-refractivity contribution in [1.29, 1.82) is 0 Å².